The van der Waals surface area contributed by atoms with Gasteiger partial charge >= 0.3 is 5.97 Å². The second-order valence-electron chi connectivity index (χ2n) is 9.65. The highest BCUT2D eigenvalue weighted by molar-refractivity contribution is 5.79. The fourth-order valence-electron chi connectivity index (χ4n) is 5.13. The van der Waals surface area contributed by atoms with Gasteiger partial charge in [-0.2, -0.15) is 0 Å². The minimum atomic E-state index is -0.724. The Morgan fingerprint density at radius 1 is 1.06 bits per heavy atom. The number of benzene rings is 2. The predicted molar refractivity (Wildman–Crippen MR) is 136 cm³/mol. The third-order valence-corrected chi connectivity index (χ3v) is 6.95. The van der Waals surface area contributed by atoms with Gasteiger partial charge in [-0.25, -0.2) is 4.98 Å². The van der Waals surface area contributed by atoms with E-state index < -0.39 is 11.9 Å². The van der Waals surface area contributed by atoms with Crippen molar-refractivity contribution in [3.8, 4) is 5.75 Å². The summed E-state index contributed by atoms with van der Waals surface area (Å²) in [5, 5.41) is 9.94. The normalized spacial score (nSPS) is 18.0. The summed E-state index contributed by atoms with van der Waals surface area (Å²) in [6.45, 7) is 5.12. The molecule has 6 heteroatoms. The van der Waals surface area contributed by atoms with Gasteiger partial charge in [0.15, 0.2) is 0 Å². The van der Waals surface area contributed by atoms with Crippen molar-refractivity contribution < 1.29 is 14.6 Å². The first-order valence-corrected chi connectivity index (χ1v) is 12.3. The Bertz CT molecular complexity index is 1340. The SMILES string of the molecule is Cc1ccc(COc2ccc3nc([C@@H]4CCCC[C@H]4C(=O)O)n(Cc4cccc(C)c4)c3c2)nc1. The van der Waals surface area contributed by atoms with E-state index in [-0.39, 0.29) is 5.92 Å². The van der Waals surface area contributed by atoms with Gasteiger partial charge < -0.3 is 14.4 Å². The lowest BCUT2D eigenvalue weighted by Crippen LogP contribution is -2.27. The highest BCUT2D eigenvalue weighted by atomic mass is 16.5. The lowest BCUT2D eigenvalue weighted by Gasteiger charge is -2.28. The number of fused-ring (bicyclic) bond motifs is 1. The Balaban J connectivity index is 1.53. The molecule has 35 heavy (non-hydrogen) atoms. The van der Waals surface area contributed by atoms with Gasteiger partial charge in [0.2, 0.25) is 0 Å². The van der Waals surface area contributed by atoms with Crippen LogP contribution in [-0.4, -0.2) is 25.6 Å². The molecule has 1 saturated carbocycles. The predicted octanol–water partition coefficient (Wildman–Crippen LogP) is 6.03. The van der Waals surface area contributed by atoms with Crippen molar-refractivity contribution in [2.75, 3.05) is 0 Å². The van der Waals surface area contributed by atoms with Crippen LogP contribution < -0.4 is 4.74 Å². The number of carboxylic acids is 1. The second kappa shape index (κ2) is 9.90. The lowest BCUT2D eigenvalue weighted by molar-refractivity contribution is -0.143. The van der Waals surface area contributed by atoms with E-state index in [1.54, 1.807) is 0 Å². The minimum absolute atomic E-state index is 0.0976. The highest BCUT2D eigenvalue weighted by Gasteiger charge is 2.35. The number of rotatable bonds is 7. The Hall–Kier alpha value is -3.67. The molecule has 0 aliphatic heterocycles. The number of nitrogens with zero attached hydrogens (tertiary/aromatic N) is 3. The summed E-state index contributed by atoms with van der Waals surface area (Å²) in [6, 6.07) is 18.4. The van der Waals surface area contributed by atoms with Crippen LogP contribution in [0.5, 0.6) is 5.75 Å². The van der Waals surface area contributed by atoms with Crippen molar-refractivity contribution >= 4 is 17.0 Å². The molecule has 180 valence electrons. The van der Waals surface area contributed by atoms with E-state index in [2.05, 4.69) is 40.7 Å². The number of hydrogen-bond donors (Lipinski definition) is 1. The van der Waals surface area contributed by atoms with Crippen molar-refractivity contribution in [1.29, 1.82) is 0 Å². The van der Waals surface area contributed by atoms with E-state index in [1.165, 1.54) is 11.1 Å². The molecule has 0 radical (unpaired) electrons. The maximum Gasteiger partial charge on any atom is 0.307 e. The van der Waals surface area contributed by atoms with E-state index in [4.69, 9.17) is 9.72 Å². The molecule has 1 aliphatic carbocycles. The van der Waals surface area contributed by atoms with E-state index in [0.717, 1.165) is 53.1 Å². The second-order valence-corrected chi connectivity index (χ2v) is 9.65. The van der Waals surface area contributed by atoms with Crippen LogP contribution in [0.25, 0.3) is 11.0 Å². The van der Waals surface area contributed by atoms with Gasteiger partial charge in [-0.3, -0.25) is 9.78 Å². The van der Waals surface area contributed by atoms with Crippen LogP contribution >= 0.6 is 0 Å². The molecule has 1 N–H and O–H groups in total. The molecule has 0 saturated heterocycles. The van der Waals surface area contributed by atoms with Gasteiger partial charge in [0.05, 0.1) is 22.6 Å². The number of aromatic nitrogens is 3. The number of pyridine rings is 1. The molecule has 4 aromatic rings. The lowest BCUT2D eigenvalue weighted by atomic mass is 9.78. The molecule has 2 aromatic heterocycles. The Labute approximate surface area is 205 Å². The molecule has 0 bridgehead atoms. The molecule has 1 fully saturated rings. The Morgan fingerprint density at radius 2 is 1.91 bits per heavy atom. The molecule has 2 heterocycles. The summed E-state index contributed by atoms with van der Waals surface area (Å²) < 4.78 is 8.28. The Morgan fingerprint density at radius 3 is 2.69 bits per heavy atom. The monoisotopic (exact) mass is 469 g/mol. The maximum absolute atomic E-state index is 12.1. The highest BCUT2D eigenvalue weighted by Crippen LogP contribution is 2.39. The number of aliphatic carboxylic acids is 1. The van der Waals surface area contributed by atoms with E-state index >= 15 is 0 Å². The molecular weight excluding hydrogens is 438 g/mol. The smallest absolute Gasteiger partial charge is 0.307 e. The Kier molecular flexibility index (Phi) is 6.53. The van der Waals surface area contributed by atoms with Crippen LogP contribution in [-0.2, 0) is 17.9 Å². The summed E-state index contributed by atoms with van der Waals surface area (Å²) in [5.41, 5.74) is 6.18. The van der Waals surface area contributed by atoms with Crippen LogP contribution in [0.4, 0.5) is 0 Å². The van der Waals surface area contributed by atoms with Crippen LogP contribution in [0.2, 0.25) is 0 Å². The summed E-state index contributed by atoms with van der Waals surface area (Å²) in [7, 11) is 0. The van der Waals surface area contributed by atoms with Crippen molar-refractivity contribution in [2.24, 2.45) is 5.92 Å². The number of carbonyl (C=O) groups is 1. The average Bonchev–Trinajstić information content (AvgIpc) is 3.21. The number of ether oxygens (including phenoxy) is 1. The molecule has 0 amide bonds. The van der Waals surface area contributed by atoms with Gasteiger partial charge in [-0.15, -0.1) is 0 Å². The molecule has 2 atom stereocenters. The summed E-state index contributed by atoms with van der Waals surface area (Å²) in [5.74, 6) is 0.388. The van der Waals surface area contributed by atoms with Crippen LogP contribution in [0.15, 0.2) is 60.8 Å². The molecule has 6 nitrogen and oxygen atoms in total. The number of aryl methyl sites for hydroxylation is 2. The first kappa shape index (κ1) is 23.1. The van der Waals surface area contributed by atoms with Gasteiger partial charge in [-0.05, 0) is 56.0 Å². The summed E-state index contributed by atoms with van der Waals surface area (Å²) in [6.07, 6.45) is 5.37. The largest absolute Gasteiger partial charge is 0.487 e. The van der Waals surface area contributed by atoms with Crippen LogP contribution in [0, 0.1) is 19.8 Å². The third-order valence-electron chi connectivity index (χ3n) is 6.95. The van der Waals surface area contributed by atoms with Gasteiger partial charge in [0.25, 0.3) is 0 Å². The van der Waals surface area contributed by atoms with Gasteiger partial charge in [-0.1, -0.05) is 48.7 Å². The van der Waals surface area contributed by atoms with Gasteiger partial charge in [0, 0.05) is 24.7 Å². The maximum atomic E-state index is 12.1. The molecule has 2 aromatic carbocycles. The molecule has 0 spiro atoms. The fraction of sp³-hybridized carbons (Fsp3) is 0.345. The van der Waals surface area contributed by atoms with E-state index in [0.29, 0.717) is 19.6 Å². The zero-order valence-corrected chi connectivity index (χ0v) is 20.3. The average molecular weight is 470 g/mol. The third kappa shape index (κ3) is 5.06. The van der Waals surface area contributed by atoms with Crippen molar-refractivity contribution in [3.05, 3.63) is 89.0 Å². The van der Waals surface area contributed by atoms with Crippen LogP contribution in [0.1, 0.15) is 59.8 Å². The molecule has 0 unspecified atom stereocenters. The quantitative estimate of drug-likeness (QED) is 0.357. The number of imidazole rings is 1. The summed E-state index contributed by atoms with van der Waals surface area (Å²) in [4.78, 5) is 21.5. The van der Waals surface area contributed by atoms with Gasteiger partial charge in [0.1, 0.15) is 18.2 Å². The molecular formula is C29H31N3O3. The zero-order chi connectivity index (χ0) is 24.4. The standard InChI is InChI=1S/C29H31N3O3/c1-19-6-5-7-21(14-19)17-32-27-15-23(35-18-22-11-10-20(2)16-30-22)12-13-26(27)31-28(32)24-8-3-4-9-25(24)29(33)34/h5-7,10-16,24-25H,3-4,8-9,17-18H2,1-2H3,(H,33,34)/t24-,25-/m1/s1. The number of hydrogen-bond acceptors (Lipinski definition) is 4. The van der Waals surface area contributed by atoms with E-state index in [1.807, 2.05) is 43.5 Å². The first-order chi connectivity index (χ1) is 17.0. The van der Waals surface area contributed by atoms with Crippen LogP contribution in [0.3, 0.4) is 0 Å². The molecule has 1 aliphatic rings. The zero-order valence-electron chi connectivity index (χ0n) is 20.3. The molecule has 5 rings (SSSR count). The number of carboxylic acid groups (broad SMARTS) is 1. The minimum Gasteiger partial charge on any atom is -0.487 e. The van der Waals surface area contributed by atoms with Crippen molar-refractivity contribution in [2.45, 2.75) is 58.6 Å². The topological polar surface area (TPSA) is 77.2 Å². The first-order valence-electron chi connectivity index (χ1n) is 12.3. The van der Waals surface area contributed by atoms with Crippen molar-refractivity contribution in [1.82, 2.24) is 14.5 Å². The fourth-order valence-corrected chi connectivity index (χ4v) is 5.13. The summed E-state index contributed by atoms with van der Waals surface area (Å²) >= 11 is 0. The van der Waals surface area contributed by atoms with E-state index in [9.17, 15) is 9.90 Å². The van der Waals surface area contributed by atoms with Crippen molar-refractivity contribution in [3.63, 3.8) is 0 Å².